The fraction of sp³-hybridized carbons (Fsp3) is 0. The van der Waals surface area contributed by atoms with E-state index in [1.165, 1.54) is 82.1 Å². The number of fused-ring (bicyclic) bond motifs is 8. The lowest BCUT2D eigenvalue weighted by Crippen LogP contribution is -1.94. The van der Waals surface area contributed by atoms with Crippen molar-refractivity contribution in [3.8, 4) is 27.9 Å². The van der Waals surface area contributed by atoms with Crippen LogP contribution in [0.1, 0.15) is 0 Å². The molecule has 1 heterocycles. The summed E-state index contributed by atoms with van der Waals surface area (Å²) in [5.74, 6) is 0. The Kier molecular flexibility index (Phi) is 5.27. The highest BCUT2D eigenvalue weighted by Crippen LogP contribution is 2.42. The first-order valence-electron chi connectivity index (χ1n) is 14.9. The average molecular weight is 546 g/mol. The molecule has 0 saturated heterocycles. The first kappa shape index (κ1) is 24.0. The van der Waals surface area contributed by atoms with Gasteiger partial charge in [0.1, 0.15) is 0 Å². The minimum absolute atomic E-state index is 1.18. The molecule has 0 fully saturated rings. The van der Waals surface area contributed by atoms with Crippen LogP contribution in [0.4, 0.5) is 0 Å². The van der Waals surface area contributed by atoms with E-state index in [-0.39, 0.29) is 0 Å². The molecule has 0 amide bonds. The maximum Gasteiger partial charge on any atom is 0.0619 e. The van der Waals surface area contributed by atoms with E-state index in [1.807, 2.05) is 0 Å². The maximum atomic E-state index is 2.42. The lowest BCUT2D eigenvalue weighted by molar-refractivity contribution is 1.19. The number of nitrogens with zero attached hydrogens (tertiary/aromatic N) is 1. The van der Waals surface area contributed by atoms with Crippen molar-refractivity contribution in [1.29, 1.82) is 0 Å². The van der Waals surface area contributed by atoms with Crippen molar-refractivity contribution in [2.45, 2.75) is 0 Å². The van der Waals surface area contributed by atoms with Crippen LogP contribution in [-0.2, 0) is 0 Å². The minimum atomic E-state index is 1.18. The summed E-state index contributed by atoms with van der Waals surface area (Å²) in [6.07, 6.45) is 0. The summed E-state index contributed by atoms with van der Waals surface area (Å²) < 4.78 is 2.42. The van der Waals surface area contributed by atoms with Crippen molar-refractivity contribution < 1.29 is 0 Å². The molecule has 9 aromatic rings. The summed E-state index contributed by atoms with van der Waals surface area (Å²) in [5, 5.41) is 10.2. The van der Waals surface area contributed by atoms with Crippen molar-refractivity contribution >= 4 is 54.1 Å². The van der Waals surface area contributed by atoms with E-state index in [9.17, 15) is 0 Å². The molecule has 0 spiro atoms. The van der Waals surface area contributed by atoms with Crippen LogP contribution < -0.4 is 0 Å². The van der Waals surface area contributed by atoms with Gasteiger partial charge in [0.25, 0.3) is 0 Å². The van der Waals surface area contributed by atoms with E-state index in [1.54, 1.807) is 0 Å². The molecule has 1 heteroatoms. The Morgan fingerprint density at radius 1 is 0.326 bits per heavy atom. The van der Waals surface area contributed by atoms with Crippen molar-refractivity contribution in [3.63, 3.8) is 0 Å². The first-order valence-corrected chi connectivity index (χ1v) is 14.9. The van der Waals surface area contributed by atoms with Crippen LogP contribution in [0, 0.1) is 0 Å². The van der Waals surface area contributed by atoms with Crippen LogP contribution in [0.15, 0.2) is 164 Å². The van der Waals surface area contributed by atoms with Crippen molar-refractivity contribution in [1.82, 2.24) is 4.57 Å². The monoisotopic (exact) mass is 545 g/mol. The number of benzene rings is 8. The summed E-state index contributed by atoms with van der Waals surface area (Å²) in [4.78, 5) is 0. The number of hydrogen-bond acceptors (Lipinski definition) is 0. The SMILES string of the molecule is c1ccc(-n2c3ccccc3c3cc(-c4cccc(-c5ccc6ccc7ccccc7c6c5)c4)c4ccccc4c32)cc1. The lowest BCUT2D eigenvalue weighted by Gasteiger charge is -2.14. The second-order valence-corrected chi connectivity index (χ2v) is 11.4. The summed E-state index contributed by atoms with van der Waals surface area (Å²) in [6.45, 7) is 0. The van der Waals surface area contributed by atoms with Gasteiger partial charge in [-0.05, 0) is 85.6 Å². The third-order valence-electron chi connectivity index (χ3n) is 8.94. The van der Waals surface area contributed by atoms with E-state index >= 15 is 0 Å². The Balaban J connectivity index is 1.29. The summed E-state index contributed by atoms with van der Waals surface area (Å²) in [5.41, 5.74) is 8.60. The highest BCUT2D eigenvalue weighted by molar-refractivity contribution is 6.22. The molecular weight excluding hydrogens is 518 g/mol. The third kappa shape index (κ3) is 3.72. The smallest absolute Gasteiger partial charge is 0.0619 e. The van der Waals surface area contributed by atoms with Gasteiger partial charge in [-0.1, -0.05) is 127 Å². The van der Waals surface area contributed by atoms with Crippen LogP contribution in [0.5, 0.6) is 0 Å². The summed E-state index contributed by atoms with van der Waals surface area (Å²) in [6, 6.07) is 59.8. The molecule has 0 atom stereocenters. The molecule has 9 rings (SSSR count). The van der Waals surface area contributed by atoms with Gasteiger partial charge >= 0.3 is 0 Å². The highest BCUT2D eigenvalue weighted by atomic mass is 15.0. The van der Waals surface area contributed by atoms with Crippen LogP contribution in [-0.4, -0.2) is 4.57 Å². The quantitative estimate of drug-likeness (QED) is 0.195. The standard InChI is InChI=1S/C42H27N/c1-2-14-33(15-3-1)43-41-20-9-8-18-36(41)40-27-39(35-17-6-7-19-37(35)42(40)43)32-13-10-12-30(25-32)31-24-23-29-22-21-28-11-4-5-16-34(28)38(29)26-31/h1-27H. The largest absolute Gasteiger partial charge is 0.309 e. The molecule has 0 aliphatic rings. The molecule has 1 nitrogen and oxygen atoms in total. The first-order chi connectivity index (χ1) is 21.3. The van der Waals surface area contributed by atoms with E-state index in [0.29, 0.717) is 0 Å². The van der Waals surface area contributed by atoms with Crippen LogP contribution in [0.3, 0.4) is 0 Å². The number of rotatable bonds is 3. The van der Waals surface area contributed by atoms with Gasteiger partial charge in [-0.2, -0.15) is 0 Å². The zero-order valence-corrected chi connectivity index (χ0v) is 23.5. The van der Waals surface area contributed by atoms with Gasteiger partial charge in [-0.3, -0.25) is 0 Å². The van der Waals surface area contributed by atoms with Gasteiger partial charge in [-0.25, -0.2) is 0 Å². The zero-order valence-electron chi connectivity index (χ0n) is 23.5. The van der Waals surface area contributed by atoms with Gasteiger partial charge in [-0.15, -0.1) is 0 Å². The zero-order chi connectivity index (χ0) is 28.3. The fourth-order valence-electron chi connectivity index (χ4n) is 6.96. The Morgan fingerprint density at radius 3 is 1.81 bits per heavy atom. The number of hydrogen-bond donors (Lipinski definition) is 0. The Bertz CT molecular complexity index is 2500. The average Bonchev–Trinajstić information content (AvgIpc) is 3.42. The summed E-state index contributed by atoms with van der Waals surface area (Å²) in [7, 11) is 0. The molecule has 1 aromatic heterocycles. The van der Waals surface area contributed by atoms with Crippen molar-refractivity contribution in [3.05, 3.63) is 164 Å². The molecule has 43 heavy (non-hydrogen) atoms. The van der Waals surface area contributed by atoms with Crippen LogP contribution in [0.25, 0.3) is 82.1 Å². The van der Waals surface area contributed by atoms with Gasteiger partial charge < -0.3 is 4.57 Å². The fourth-order valence-corrected chi connectivity index (χ4v) is 6.96. The minimum Gasteiger partial charge on any atom is -0.309 e. The maximum absolute atomic E-state index is 2.42. The topological polar surface area (TPSA) is 4.93 Å². The van der Waals surface area contributed by atoms with Gasteiger partial charge in [0, 0.05) is 21.8 Å². The second kappa shape index (κ2) is 9.44. The second-order valence-electron chi connectivity index (χ2n) is 11.4. The van der Waals surface area contributed by atoms with Gasteiger partial charge in [0.15, 0.2) is 0 Å². The normalized spacial score (nSPS) is 11.7. The predicted molar refractivity (Wildman–Crippen MR) is 184 cm³/mol. The lowest BCUT2D eigenvalue weighted by atomic mass is 9.92. The molecule has 0 bridgehead atoms. The molecule has 0 aliphatic carbocycles. The van der Waals surface area contributed by atoms with Crippen molar-refractivity contribution in [2.24, 2.45) is 0 Å². The molecule has 0 saturated carbocycles. The molecule has 0 aliphatic heterocycles. The molecule has 0 unspecified atom stereocenters. The van der Waals surface area contributed by atoms with Gasteiger partial charge in [0.05, 0.1) is 11.0 Å². The van der Waals surface area contributed by atoms with Gasteiger partial charge in [0.2, 0.25) is 0 Å². The number of aromatic nitrogens is 1. The Hall–Kier alpha value is -5.66. The Labute approximate surface area is 249 Å². The predicted octanol–water partition coefficient (Wildman–Crippen LogP) is 11.6. The Morgan fingerprint density at radius 2 is 0.953 bits per heavy atom. The van der Waals surface area contributed by atoms with E-state index in [2.05, 4.69) is 168 Å². The molecule has 8 aromatic carbocycles. The molecule has 200 valence electrons. The molecular formula is C42H27N. The van der Waals surface area contributed by atoms with E-state index < -0.39 is 0 Å². The third-order valence-corrected chi connectivity index (χ3v) is 8.94. The highest BCUT2D eigenvalue weighted by Gasteiger charge is 2.18. The summed E-state index contributed by atoms with van der Waals surface area (Å²) >= 11 is 0. The molecule has 0 N–H and O–H groups in total. The number of para-hydroxylation sites is 2. The van der Waals surface area contributed by atoms with Crippen LogP contribution in [0.2, 0.25) is 0 Å². The van der Waals surface area contributed by atoms with E-state index in [0.717, 1.165) is 0 Å². The van der Waals surface area contributed by atoms with Crippen molar-refractivity contribution in [2.75, 3.05) is 0 Å². The van der Waals surface area contributed by atoms with Crippen LogP contribution >= 0.6 is 0 Å². The molecule has 0 radical (unpaired) electrons. The van der Waals surface area contributed by atoms with E-state index in [4.69, 9.17) is 0 Å².